The Morgan fingerprint density at radius 2 is 2.45 bits per heavy atom. The van der Waals surface area contributed by atoms with Gasteiger partial charge < -0.3 is 0 Å². The molecule has 1 aromatic heterocycles. The van der Waals surface area contributed by atoms with Crippen LogP contribution in [0.5, 0.6) is 0 Å². The Morgan fingerprint density at radius 3 is 2.91 bits per heavy atom. The van der Waals surface area contributed by atoms with Gasteiger partial charge in [0.25, 0.3) is 0 Å². The zero-order valence-electron chi connectivity index (χ0n) is 6.17. The first-order chi connectivity index (χ1) is 5.27. The molecule has 1 rings (SSSR count). The van der Waals surface area contributed by atoms with Crippen molar-refractivity contribution in [1.29, 1.82) is 0 Å². The molecule has 0 saturated heterocycles. The van der Waals surface area contributed by atoms with Crippen molar-refractivity contribution in [3.8, 4) is 0 Å². The number of halogens is 1. The van der Waals surface area contributed by atoms with Gasteiger partial charge in [0, 0.05) is 11.2 Å². The van der Waals surface area contributed by atoms with E-state index in [1.807, 2.05) is 6.92 Å². The molecule has 0 spiro atoms. The van der Waals surface area contributed by atoms with Crippen LogP contribution in [0.25, 0.3) is 0 Å². The molecule has 58 valence electrons. The van der Waals surface area contributed by atoms with E-state index < -0.39 is 0 Å². The number of hydrogen-bond acceptors (Lipinski definition) is 2. The molecular weight excluding hydrogens is 162 g/mol. The zero-order valence-corrected chi connectivity index (χ0v) is 6.93. The first kappa shape index (κ1) is 8.21. The number of carbonyl (C=O) groups excluding carboxylic acids is 1. The highest BCUT2D eigenvalue weighted by Crippen LogP contribution is 2.15. The molecule has 0 atom stereocenters. The van der Waals surface area contributed by atoms with E-state index in [0.717, 1.165) is 12.0 Å². The van der Waals surface area contributed by atoms with Crippen LogP contribution < -0.4 is 0 Å². The van der Waals surface area contributed by atoms with Gasteiger partial charge in [-0.15, -0.1) is 0 Å². The maximum atomic E-state index is 10.2. The number of aryl methyl sites for hydroxylation is 1. The van der Waals surface area contributed by atoms with Crippen molar-refractivity contribution < 1.29 is 4.79 Å². The lowest BCUT2D eigenvalue weighted by molar-refractivity contribution is 0.111. The van der Waals surface area contributed by atoms with Gasteiger partial charge in [0.15, 0.2) is 6.29 Å². The van der Waals surface area contributed by atoms with E-state index in [0.29, 0.717) is 17.0 Å². The van der Waals surface area contributed by atoms with E-state index in [4.69, 9.17) is 11.6 Å². The minimum absolute atomic E-state index is 0.382. The summed E-state index contributed by atoms with van der Waals surface area (Å²) in [6, 6.07) is 1.58. The van der Waals surface area contributed by atoms with Crippen LogP contribution in [-0.2, 0) is 6.42 Å². The van der Waals surface area contributed by atoms with Crippen molar-refractivity contribution in [2.24, 2.45) is 0 Å². The van der Waals surface area contributed by atoms with Gasteiger partial charge in [0.2, 0.25) is 0 Å². The van der Waals surface area contributed by atoms with Crippen LogP contribution >= 0.6 is 11.6 Å². The van der Waals surface area contributed by atoms with Gasteiger partial charge in [0.1, 0.15) is 5.69 Å². The minimum atomic E-state index is 0.382. The Hall–Kier alpha value is -0.890. The molecule has 0 radical (unpaired) electrons. The molecule has 1 aromatic rings. The second-order valence-electron chi connectivity index (χ2n) is 2.17. The fourth-order valence-corrected chi connectivity index (χ4v) is 1.09. The summed E-state index contributed by atoms with van der Waals surface area (Å²) in [5, 5.41) is 0.615. The molecule has 3 heteroatoms. The standard InChI is InChI=1S/C8H8ClNO/c1-2-6-4-10-7(5-11)3-8(6)9/h3-5H,2H2,1H3. The number of aromatic nitrogens is 1. The number of pyridine rings is 1. The zero-order chi connectivity index (χ0) is 8.27. The molecule has 1 heterocycles. The number of carbonyl (C=O) groups is 1. The quantitative estimate of drug-likeness (QED) is 0.635. The van der Waals surface area contributed by atoms with E-state index in [2.05, 4.69) is 4.98 Å². The molecule has 0 fully saturated rings. The number of rotatable bonds is 2. The molecule has 0 amide bonds. The lowest BCUT2D eigenvalue weighted by Gasteiger charge is -1.98. The molecule has 11 heavy (non-hydrogen) atoms. The van der Waals surface area contributed by atoms with Crippen LogP contribution in [0.2, 0.25) is 5.02 Å². The van der Waals surface area contributed by atoms with Gasteiger partial charge in [-0.2, -0.15) is 0 Å². The number of hydrogen-bond donors (Lipinski definition) is 0. The van der Waals surface area contributed by atoms with Crippen molar-refractivity contribution in [2.75, 3.05) is 0 Å². The summed E-state index contributed by atoms with van der Waals surface area (Å²) in [7, 11) is 0. The fourth-order valence-electron chi connectivity index (χ4n) is 0.799. The summed E-state index contributed by atoms with van der Waals surface area (Å²) < 4.78 is 0. The summed E-state index contributed by atoms with van der Waals surface area (Å²) >= 11 is 5.81. The Morgan fingerprint density at radius 1 is 1.73 bits per heavy atom. The lowest BCUT2D eigenvalue weighted by atomic mass is 10.2. The molecule has 0 aliphatic heterocycles. The van der Waals surface area contributed by atoms with Gasteiger partial charge >= 0.3 is 0 Å². The summed E-state index contributed by atoms with van der Waals surface area (Å²) in [5.74, 6) is 0. The highest BCUT2D eigenvalue weighted by atomic mass is 35.5. The third-order valence-electron chi connectivity index (χ3n) is 1.45. The molecule has 0 N–H and O–H groups in total. The summed E-state index contributed by atoms with van der Waals surface area (Å²) in [6.45, 7) is 1.99. The van der Waals surface area contributed by atoms with E-state index in [-0.39, 0.29) is 0 Å². The highest BCUT2D eigenvalue weighted by Gasteiger charge is 1.99. The topological polar surface area (TPSA) is 30.0 Å². The molecule has 0 bridgehead atoms. The SMILES string of the molecule is CCc1cnc(C=O)cc1Cl. The maximum Gasteiger partial charge on any atom is 0.168 e. The van der Waals surface area contributed by atoms with Gasteiger partial charge in [-0.1, -0.05) is 18.5 Å². The number of aldehydes is 1. The smallest absolute Gasteiger partial charge is 0.168 e. The second-order valence-corrected chi connectivity index (χ2v) is 2.58. The van der Waals surface area contributed by atoms with E-state index >= 15 is 0 Å². The predicted octanol–water partition coefficient (Wildman–Crippen LogP) is 2.11. The average Bonchev–Trinajstić information content (AvgIpc) is 2.04. The van der Waals surface area contributed by atoms with Gasteiger partial charge in [-0.3, -0.25) is 9.78 Å². The Kier molecular flexibility index (Phi) is 2.60. The van der Waals surface area contributed by atoms with Gasteiger partial charge in [-0.05, 0) is 18.1 Å². The monoisotopic (exact) mass is 169 g/mol. The highest BCUT2D eigenvalue weighted by molar-refractivity contribution is 6.31. The van der Waals surface area contributed by atoms with Crippen LogP contribution in [0, 0.1) is 0 Å². The molecule has 0 saturated carbocycles. The third kappa shape index (κ3) is 1.77. The fraction of sp³-hybridized carbons (Fsp3) is 0.250. The van der Waals surface area contributed by atoms with Crippen molar-refractivity contribution >= 4 is 17.9 Å². The van der Waals surface area contributed by atoms with Gasteiger partial charge in [-0.25, -0.2) is 0 Å². The van der Waals surface area contributed by atoms with Crippen molar-refractivity contribution in [1.82, 2.24) is 4.98 Å². The first-order valence-corrected chi connectivity index (χ1v) is 3.75. The minimum Gasteiger partial charge on any atom is -0.296 e. The Balaban J connectivity index is 3.09. The van der Waals surface area contributed by atoms with Crippen LogP contribution in [0.4, 0.5) is 0 Å². The molecule has 0 aliphatic carbocycles. The average molecular weight is 170 g/mol. The summed E-state index contributed by atoms with van der Waals surface area (Å²) in [4.78, 5) is 14.1. The normalized spacial score (nSPS) is 9.64. The van der Waals surface area contributed by atoms with Crippen molar-refractivity contribution in [2.45, 2.75) is 13.3 Å². The molecular formula is C8H8ClNO. The largest absolute Gasteiger partial charge is 0.296 e. The molecule has 2 nitrogen and oxygen atoms in total. The van der Waals surface area contributed by atoms with Crippen molar-refractivity contribution in [3.63, 3.8) is 0 Å². The van der Waals surface area contributed by atoms with Gasteiger partial charge in [0.05, 0.1) is 0 Å². The van der Waals surface area contributed by atoms with E-state index in [1.165, 1.54) is 0 Å². The predicted molar refractivity (Wildman–Crippen MR) is 44.0 cm³/mol. The Bertz CT molecular complexity index is 273. The first-order valence-electron chi connectivity index (χ1n) is 3.37. The summed E-state index contributed by atoms with van der Waals surface area (Å²) in [6.07, 6.45) is 3.16. The van der Waals surface area contributed by atoms with E-state index in [1.54, 1.807) is 12.3 Å². The molecule has 0 aliphatic rings. The molecule has 0 unspecified atom stereocenters. The molecule has 0 aromatic carbocycles. The second kappa shape index (κ2) is 3.49. The number of nitrogens with zero attached hydrogens (tertiary/aromatic N) is 1. The van der Waals surface area contributed by atoms with E-state index in [9.17, 15) is 4.79 Å². The summed E-state index contributed by atoms with van der Waals surface area (Å²) in [5.41, 5.74) is 1.35. The van der Waals surface area contributed by atoms with Crippen molar-refractivity contribution in [3.05, 3.63) is 28.5 Å². The third-order valence-corrected chi connectivity index (χ3v) is 1.80. The van der Waals surface area contributed by atoms with Crippen LogP contribution in [0.1, 0.15) is 23.0 Å². The Labute approximate surface area is 70.2 Å². The van der Waals surface area contributed by atoms with Crippen LogP contribution in [-0.4, -0.2) is 11.3 Å². The van der Waals surface area contributed by atoms with Crippen LogP contribution in [0.3, 0.4) is 0 Å². The maximum absolute atomic E-state index is 10.2. The lowest BCUT2D eigenvalue weighted by Crippen LogP contribution is -1.90. The van der Waals surface area contributed by atoms with Crippen LogP contribution in [0.15, 0.2) is 12.3 Å².